The average Bonchev–Trinajstić information content (AvgIpc) is 2.54. The number of ether oxygens (including phenoxy) is 1. The summed E-state index contributed by atoms with van der Waals surface area (Å²) in [6, 6.07) is 0. The SMILES string of the molecule is BOC(=O)CCn1c(=O)[nH]c(=O)n(CCC(=O)OCCCC)c1=O. The summed E-state index contributed by atoms with van der Waals surface area (Å²) < 4.78 is 10.8. The van der Waals surface area contributed by atoms with Gasteiger partial charge in [0.25, 0.3) is 5.97 Å². The van der Waals surface area contributed by atoms with E-state index in [-0.39, 0.29) is 32.5 Å². The summed E-state index contributed by atoms with van der Waals surface area (Å²) in [5, 5.41) is 0. The number of nitrogens with zero attached hydrogens (tertiary/aromatic N) is 2. The van der Waals surface area contributed by atoms with E-state index in [2.05, 4.69) is 4.65 Å². The first-order valence-corrected chi connectivity index (χ1v) is 7.57. The number of rotatable bonds is 9. The highest BCUT2D eigenvalue weighted by molar-refractivity contribution is 6.05. The molecule has 1 aromatic heterocycles. The van der Waals surface area contributed by atoms with Gasteiger partial charge in [-0.05, 0) is 6.42 Å². The number of carbonyl (C=O) groups is 2. The molecule has 11 heteroatoms. The van der Waals surface area contributed by atoms with Gasteiger partial charge < -0.3 is 9.39 Å². The van der Waals surface area contributed by atoms with E-state index in [0.29, 0.717) is 4.57 Å². The topological polar surface area (TPSA) is 129 Å². The summed E-state index contributed by atoms with van der Waals surface area (Å²) in [5.74, 6) is -1.14. The third kappa shape index (κ3) is 5.56. The molecule has 0 aliphatic heterocycles. The van der Waals surface area contributed by atoms with E-state index in [1.807, 2.05) is 11.9 Å². The lowest BCUT2D eigenvalue weighted by Gasteiger charge is -2.08. The predicted molar refractivity (Wildman–Crippen MR) is 85.3 cm³/mol. The fraction of sp³-hybridized carbons (Fsp3) is 0.615. The second-order valence-corrected chi connectivity index (χ2v) is 4.97. The van der Waals surface area contributed by atoms with E-state index in [1.54, 1.807) is 0 Å². The Labute approximate surface area is 137 Å². The fourth-order valence-electron chi connectivity index (χ4n) is 1.85. The number of aromatic amines is 1. The zero-order valence-electron chi connectivity index (χ0n) is 13.7. The Morgan fingerprint density at radius 1 is 1.04 bits per heavy atom. The standard InChI is InChI=1S/C13H20BN3O7/c1-2-3-8-23-9(18)4-6-16-11(20)15-12(21)17(13(16)22)7-5-10(19)24-14/h2-8,14H2,1H3,(H,15,20,21). The Morgan fingerprint density at radius 2 is 1.58 bits per heavy atom. The largest absolute Gasteiger partial charge is 0.543 e. The van der Waals surface area contributed by atoms with Gasteiger partial charge >= 0.3 is 31.1 Å². The molecule has 0 unspecified atom stereocenters. The molecule has 132 valence electrons. The summed E-state index contributed by atoms with van der Waals surface area (Å²) in [4.78, 5) is 60.2. The monoisotopic (exact) mass is 341 g/mol. The van der Waals surface area contributed by atoms with Crippen LogP contribution in [0, 0.1) is 0 Å². The molecule has 0 saturated carbocycles. The zero-order chi connectivity index (χ0) is 18.1. The molecule has 0 aliphatic carbocycles. The molecule has 0 amide bonds. The number of H-pyrrole nitrogens is 1. The van der Waals surface area contributed by atoms with Gasteiger partial charge in [0.2, 0.25) is 0 Å². The normalized spacial score (nSPS) is 10.4. The lowest BCUT2D eigenvalue weighted by atomic mass is 10.3. The van der Waals surface area contributed by atoms with Crippen LogP contribution in [-0.4, -0.2) is 40.7 Å². The number of esters is 1. The molecule has 0 saturated heterocycles. The number of carbonyl (C=O) groups excluding carboxylic acids is 2. The molecule has 0 fully saturated rings. The summed E-state index contributed by atoms with van der Waals surface area (Å²) in [6.07, 6.45) is 1.22. The van der Waals surface area contributed by atoms with Crippen molar-refractivity contribution in [2.45, 2.75) is 45.7 Å². The number of aromatic nitrogens is 3. The first kappa shape index (κ1) is 19.5. The lowest BCUT2D eigenvalue weighted by Crippen LogP contribution is -2.49. The quantitative estimate of drug-likeness (QED) is 0.310. The van der Waals surface area contributed by atoms with Crippen LogP contribution in [0.5, 0.6) is 0 Å². The Bertz CT molecular complexity index is 749. The van der Waals surface area contributed by atoms with Crippen molar-refractivity contribution in [3.05, 3.63) is 31.5 Å². The van der Waals surface area contributed by atoms with Gasteiger partial charge in [-0.25, -0.2) is 23.5 Å². The molecule has 1 heterocycles. The van der Waals surface area contributed by atoms with Gasteiger partial charge in [0.1, 0.15) is 0 Å². The van der Waals surface area contributed by atoms with Crippen LogP contribution >= 0.6 is 0 Å². The smallest absolute Gasteiger partial charge is 0.336 e. The highest BCUT2D eigenvalue weighted by Gasteiger charge is 2.13. The molecule has 0 aliphatic rings. The first-order valence-electron chi connectivity index (χ1n) is 7.57. The Morgan fingerprint density at radius 3 is 2.08 bits per heavy atom. The van der Waals surface area contributed by atoms with Crippen LogP contribution < -0.4 is 17.1 Å². The number of nitrogens with one attached hydrogen (secondary N) is 1. The molecule has 1 rings (SSSR count). The van der Waals surface area contributed by atoms with Gasteiger partial charge in [0, 0.05) is 13.1 Å². The van der Waals surface area contributed by atoms with Crippen molar-refractivity contribution in [3.8, 4) is 0 Å². The van der Waals surface area contributed by atoms with E-state index in [0.717, 1.165) is 17.4 Å². The Hall–Kier alpha value is -2.59. The third-order valence-corrected chi connectivity index (χ3v) is 3.23. The number of hydrogen-bond acceptors (Lipinski definition) is 7. The van der Waals surface area contributed by atoms with Crippen LogP contribution in [-0.2, 0) is 32.1 Å². The van der Waals surface area contributed by atoms with Gasteiger partial charge in [-0.3, -0.25) is 14.6 Å². The molecule has 0 atom stereocenters. The predicted octanol–water partition coefficient (Wildman–Crippen LogP) is -2.09. The second-order valence-electron chi connectivity index (χ2n) is 4.97. The maximum atomic E-state index is 12.2. The lowest BCUT2D eigenvalue weighted by molar-refractivity contribution is -0.144. The minimum absolute atomic E-state index is 0.179. The molecular formula is C13H20BN3O7. The third-order valence-electron chi connectivity index (χ3n) is 3.23. The van der Waals surface area contributed by atoms with Crippen molar-refractivity contribution < 1.29 is 19.0 Å². The highest BCUT2D eigenvalue weighted by Crippen LogP contribution is 1.93. The first-order chi connectivity index (χ1) is 11.4. The molecule has 10 nitrogen and oxygen atoms in total. The van der Waals surface area contributed by atoms with Crippen molar-refractivity contribution in [2.24, 2.45) is 0 Å². The summed E-state index contributed by atoms with van der Waals surface area (Å²) in [5.41, 5.74) is -2.73. The van der Waals surface area contributed by atoms with Crippen LogP contribution in [0.4, 0.5) is 0 Å². The molecule has 0 bridgehead atoms. The van der Waals surface area contributed by atoms with Gasteiger partial charge in [0.05, 0.1) is 19.4 Å². The molecule has 0 spiro atoms. The van der Waals surface area contributed by atoms with E-state index < -0.39 is 29.0 Å². The van der Waals surface area contributed by atoms with Crippen LogP contribution in [0.2, 0.25) is 0 Å². The minimum Gasteiger partial charge on any atom is -0.543 e. The zero-order valence-corrected chi connectivity index (χ0v) is 13.7. The fourth-order valence-corrected chi connectivity index (χ4v) is 1.85. The Balaban J connectivity index is 2.86. The Kier molecular flexibility index (Phi) is 7.73. The van der Waals surface area contributed by atoms with Gasteiger partial charge in [-0.1, -0.05) is 13.3 Å². The molecule has 1 N–H and O–H groups in total. The van der Waals surface area contributed by atoms with Crippen LogP contribution in [0.1, 0.15) is 32.6 Å². The van der Waals surface area contributed by atoms with Crippen molar-refractivity contribution in [3.63, 3.8) is 0 Å². The number of unbranched alkanes of at least 4 members (excludes halogenated alkanes) is 1. The second kappa shape index (κ2) is 9.53. The highest BCUT2D eigenvalue weighted by atomic mass is 16.5. The van der Waals surface area contributed by atoms with E-state index in [4.69, 9.17) is 4.74 Å². The van der Waals surface area contributed by atoms with Gasteiger partial charge in [-0.2, -0.15) is 0 Å². The van der Waals surface area contributed by atoms with E-state index in [1.165, 1.54) is 8.05 Å². The maximum absolute atomic E-state index is 12.2. The summed E-state index contributed by atoms with van der Waals surface area (Å²) in [6.45, 7) is 1.77. The summed E-state index contributed by atoms with van der Waals surface area (Å²) >= 11 is 0. The van der Waals surface area contributed by atoms with Crippen molar-refractivity contribution in [1.29, 1.82) is 0 Å². The van der Waals surface area contributed by atoms with E-state index in [9.17, 15) is 24.0 Å². The molecule has 24 heavy (non-hydrogen) atoms. The van der Waals surface area contributed by atoms with Crippen LogP contribution in [0.25, 0.3) is 0 Å². The minimum atomic E-state index is -0.921. The van der Waals surface area contributed by atoms with Crippen molar-refractivity contribution in [1.82, 2.24) is 14.1 Å². The molecule has 1 aromatic rings. The molecule has 0 radical (unpaired) electrons. The number of hydrogen-bond donors (Lipinski definition) is 1. The van der Waals surface area contributed by atoms with Crippen LogP contribution in [0.15, 0.2) is 14.4 Å². The van der Waals surface area contributed by atoms with Gasteiger partial charge in [-0.15, -0.1) is 0 Å². The molecular weight excluding hydrogens is 321 g/mol. The summed E-state index contributed by atoms with van der Waals surface area (Å²) in [7, 11) is 1.18. The van der Waals surface area contributed by atoms with E-state index >= 15 is 0 Å². The maximum Gasteiger partial charge on any atom is 0.336 e. The van der Waals surface area contributed by atoms with Crippen molar-refractivity contribution >= 4 is 20.0 Å². The van der Waals surface area contributed by atoms with Crippen LogP contribution in [0.3, 0.4) is 0 Å². The average molecular weight is 341 g/mol. The molecule has 0 aromatic carbocycles. The van der Waals surface area contributed by atoms with Crippen molar-refractivity contribution in [2.75, 3.05) is 6.61 Å². The van der Waals surface area contributed by atoms with Gasteiger partial charge in [0.15, 0.2) is 0 Å².